The molecule has 1 N–H and O–H groups in total. The van der Waals surface area contributed by atoms with Gasteiger partial charge in [-0.2, -0.15) is 0 Å². The number of para-hydroxylation sites is 2. The van der Waals surface area contributed by atoms with E-state index in [1.807, 2.05) is 32.0 Å². The molecule has 0 saturated heterocycles. The van der Waals surface area contributed by atoms with E-state index in [0.29, 0.717) is 22.8 Å². The van der Waals surface area contributed by atoms with Gasteiger partial charge in [0.1, 0.15) is 12.2 Å². The summed E-state index contributed by atoms with van der Waals surface area (Å²) >= 11 is 0. The first-order valence-corrected chi connectivity index (χ1v) is 10.4. The number of hydrogen-bond donors (Lipinski definition) is 1. The van der Waals surface area contributed by atoms with E-state index in [9.17, 15) is 22.0 Å². The number of hydrogen-bond acceptors (Lipinski definition) is 3. The number of carbonyl (C=O) groups excluding carboxylic acids is 1. The van der Waals surface area contributed by atoms with Crippen LogP contribution >= 0.6 is 0 Å². The molecule has 1 amide bonds. The van der Waals surface area contributed by atoms with E-state index in [4.69, 9.17) is 0 Å². The van der Waals surface area contributed by atoms with Crippen LogP contribution in [0.2, 0.25) is 0 Å². The zero-order valence-electron chi connectivity index (χ0n) is 15.4. The maximum atomic E-state index is 14.1. The van der Waals surface area contributed by atoms with E-state index in [1.165, 1.54) is 0 Å². The van der Waals surface area contributed by atoms with Crippen LogP contribution in [0.3, 0.4) is 0 Å². The summed E-state index contributed by atoms with van der Waals surface area (Å²) in [6, 6.07) is 8.61. The summed E-state index contributed by atoms with van der Waals surface area (Å²) < 4.78 is 52.7. The number of rotatable bonds is 7. The number of benzene rings is 2. The number of halogens is 2. The SMILES string of the molecule is CCc1cccc(CC)c1NC(=O)CN(c1c(F)cccc1F)S(C)(=O)=O. The van der Waals surface area contributed by atoms with Crippen LogP contribution in [-0.2, 0) is 27.7 Å². The molecule has 0 spiro atoms. The lowest BCUT2D eigenvalue weighted by Gasteiger charge is -2.23. The lowest BCUT2D eigenvalue weighted by molar-refractivity contribution is -0.114. The Labute approximate surface area is 158 Å². The Balaban J connectivity index is 2.37. The molecule has 2 aromatic rings. The average molecular weight is 396 g/mol. The highest BCUT2D eigenvalue weighted by atomic mass is 32.2. The van der Waals surface area contributed by atoms with Crippen LogP contribution in [0.5, 0.6) is 0 Å². The summed E-state index contributed by atoms with van der Waals surface area (Å²) in [6.45, 7) is 3.13. The fourth-order valence-electron chi connectivity index (χ4n) is 2.80. The Bertz CT molecular complexity index is 903. The molecule has 2 rings (SSSR count). The Morgan fingerprint density at radius 3 is 1.93 bits per heavy atom. The van der Waals surface area contributed by atoms with Crippen molar-refractivity contribution in [2.24, 2.45) is 0 Å². The van der Waals surface area contributed by atoms with Crippen LogP contribution in [0.15, 0.2) is 36.4 Å². The summed E-state index contributed by atoms with van der Waals surface area (Å²) in [4.78, 5) is 12.5. The molecule has 0 radical (unpaired) electrons. The van der Waals surface area contributed by atoms with Crippen molar-refractivity contribution < 1.29 is 22.0 Å². The van der Waals surface area contributed by atoms with Gasteiger partial charge in [-0.1, -0.05) is 38.1 Å². The van der Waals surface area contributed by atoms with E-state index in [-0.39, 0.29) is 0 Å². The van der Waals surface area contributed by atoms with E-state index in [1.54, 1.807) is 0 Å². The van der Waals surface area contributed by atoms with Gasteiger partial charge in [0.25, 0.3) is 0 Å². The number of aryl methyl sites for hydroxylation is 2. The third-order valence-electron chi connectivity index (χ3n) is 4.14. The van der Waals surface area contributed by atoms with E-state index in [2.05, 4.69) is 5.32 Å². The third kappa shape index (κ3) is 4.82. The molecule has 0 aliphatic heterocycles. The number of sulfonamides is 1. The summed E-state index contributed by atoms with van der Waals surface area (Å²) in [5, 5.41) is 2.70. The molecule has 146 valence electrons. The summed E-state index contributed by atoms with van der Waals surface area (Å²) in [6.07, 6.45) is 2.13. The Hall–Kier alpha value is -2.48. The molecule has 27 heavy (non-hydrogen) atoms. The minimum Gasteiger partial charge on any atom is -0.324 e. The molecule has 0 unspecified atom stereocenters. The Kier molecular flexibility index (Phi) is 6.54. The summed E-state index contributed by atoms with van der Waals surface area (Å²) in [5.74, 6) is -2.80. The van der Waals surface area contributed by atoms with Crippen molar-refractivity contribution in [3.63, 3.8) is 0 Å². The maximum absolute atomic E-state index is 14.1. The van der Waals surface area contributed by atoms with Gasteiger partial charge in [0.05, 0.1) is 6.26 Å². The second-order valence-electron chi connectivity index (χ2n) is 6.05. The van der Waals surface area contributed by atoms with Gasteiger partial charge in [0.15, 0.2) is 11.6 Å². The smallest absolute Gasteiger partial charge is 0.245 e. The van der Waals surface area contributed by atoms with Crippen LogP contribution in [-0.4, -0.2) is 27.1 Å². The first-order chi connectivity index (χ1) is 12.7. The second kappa shape index (κ2) is 8.47. The number of anilines is 2. The fraction of sp³-hybridized carbons (Fsp3) is 0.316. The lowest BCUT2D eigenvalue weighted by Crippen LogP contribution is -2.38. The van der Waals surface area contributed by atoms with Crippen LogP contribution in [0.4, 0.5) is 20.2 Å². The second-order valence-corrected chi connectivity index (χ2v) is 7.95. The van der Waals surface area contributed by atoms with Gasteiger partial charge >= 0.3 is 0 Å². The number of amides is 1. The number of nitrogens with one attached hydrogen (secondary N) is 1. The highest BCUT2D eigenvalue weighted by Gasteiger charge is 2.27. The van der Waals surface area contributed by atoms with E-state index < -0.39 is 39.8 Å². The van der Waals surface area contributed by atoms with Gasteiger partial charge in [-0.15, -0.1) is 0 Å². The molecule has 0 aliphatic rings. The highest BCUT2D eigenvalue weighted by molar-refractivity contribution is 7.92. The monoisotopic (exact) mass is 396 g/mol. The van der Waals surface area contributed by atoms with E-state index in [0.717, 1.165) is 35.6 Å². The largest absolute Gasteiger partial charge is 0.324 e. The molecular formula is C19H22F2N2O3S. The van der Waals surface area contributed by atoms with Crippen LogP contribution in [0.1, 0.15) is 25.0 Å². The van der Waals surface area contributed by atoms with Gasteiger partial charge in [-0.05, 0) is 36.1 Å². The molecule has 0 aromatic heterocycles. The number of nitrogens with zero attached hydrogens (tertiary/aromatic N) is 1. The summed E-state index contributed by atoms with van der Waals surface area (Å²) in [5.41, 5.74) is 1.63. The number of carbonyl (C=O) groups is 1. The van der Waals surface area contributed by atoms with Crippen molar-refractivity contribution >= 4 is 27.3 Å². The molecule has 0 saturated carbocycles. The molecule has 0 atom stereocenters. The Morgan fingerprint density at radius 1 is 1.00 bits per heavy atom. The van der Waals surface area contributed by atoms with Crippen LogP contribution < -0.4 is 9.62 Å². The third-order valence-corrected chi connectivity index (χ3v) is 5.25. The van der Waals surface area contributed by atoms with Crippen LogP contribution in [0.25, 0.3) is 0 Å². The topological polar surface area (TPSA) is 66.5 Å². The van der Waals surface area contributed by atoms with Crippen LogP contribution in [0, 0.1) is 11.6 Å². The summed E-state index contributed by atoms with van der Waals surface area (Å²) in [7, 11) is -4.09. The van der Waals surface area contributed by atoms with Crippen molar-refractivity contribution in [1.29, 1.82) is 0 Å². The maximum Gasteiger partial charge on any atom is 0.245 e. The quantitative estimate of drug-likeness (QED) is 0.779. The predicted octanol–water partition coefficient (Wildman–Crippen LogP) is 3.49. The normalized spacial score (nSPS) is 11.3. The lowest BCUT2D eigenvalue weighted by atomic mass is 10.0. The molecular weight excluding hydrogens is 374 g/mol. The fourth-order valence-corrected chi connectivity index (χ4v) is 3.66. The van der Waals surface area contributed by atoms with Gasteiger partial charge in [0.2, 0.25) is 15.9 Å². The highest BCUT2D eigenvalue weighted by Crippen LogP contribution is 2.26. The van der Waals surface area contributed by atoms with Crippen molar-refractivity contribution in [1.82, 2.24) is 0 Å². The predicted molar refractivity (Wildman–Crippen MR) is 102 cm³/mol. The standard InChI is InChI=1S/C19H22F2N2O3S/c1-4-13-8-6-9-14(5-2)18(13)22-17(24)12-23(27(3,25)26)19-15(20)10-7-11-16(19)21/h6-11H,4-5,12H2,1-3H3,(H,22,24). The zero-order valence-corrected chi connectivity index (χ0v) is 16.2. The molecule has 8 heteroatoms. The zero-order chi connectivity index (χ0) is 20.2. The Morgan fingerprint density at radius 2 is 1.48 bits per heavy atom. The van der Waals surface area contributed by atoms with Crippen molar-refractivity contribution in [3.8, 4) is 0 Å². The molecule has 0 heterocycles. The molecule has 2 aromatic carbocycles. The van der Waals surface area contributed by atoms with Crippen molar-refractivity contribution in [3.05, 3.63) is 59.2 Å². The van der Waals surface area contributed by atoms with E-state index >= 15 is 0 Å². The molecule has 0 fully saturated rings. The first kappa shape index (κ1) is 20.8. The molecule has 5 nitrogen and oxygen atoms in total. The van der Waals surface area contributed by atoms with Gasteiger partial charge < -0.3 is 5.32 Å². The molecule has 0 bridgehead atoms. The first-order valence-electron chi connectivity index (χ1n) is 8.51. The van der Waals surface area contributed by atoms with Crippen molar-refractivity contribution in [2.75, 3.05) is 22.4 Å². The van der Waals surface area contributed by atoms with Gasteiger partial charge in [0, 0.05) is 5.69 Å². The molecule has 0 aliphatic carbocycles. The minimum atomic E-state index is -4.09. The average Bonchev–Trinajstić information content (AvgIpc) is 2.60. The minimum absolute atomic E-state index is 0.438. The van der Waals surface area contributed by atoms with Gasteiger partial charge in [-0.3, -0.25) is 9.10 Å². The van der Waals surface area contributed by atoms with Crippen molar-refractivity contribution in [2.45, 2.75) is 26.7 Å². The van der Waals surface area contributed by atoms with Gasteiger partial charge in [-0.25, -0.2) is 17.2 Å².